The monoisotopic (exact) mass is 748 g/mol. The molecule has 1 aromatic heterocycles. The van der Waals surface area contributed by atoms with E-state index >= 15 is 0 Å². The van der Waals surface area contributed by atoms with Gasteiger partial charge in [-0.25, -0.2) is 0 Å². The van der Waals surface area contributed by atoms with E-state index in [-0.39, 0.29) is 35.6 Å². The first kappa shape index (κ1) is 39.4. The number of fused-ring (bicyclic) bond motifs is 3. The Morgan fingerprint density at radius 2 is 1.33 bits per heavy atom. The predicted molar refractivity (Wildman–Crippen MR) is 191 cm³/mol. The molecule has 0 aliphatic heterocycles. The van der Waals surface area contributed by atoms with Crippen molar-refractivity contribution in [1.82, 2.24) is 0 Å². The summed E-state index contributed by atoms with van der Waals surface area (Å²) in [5, 5.41) is 0. The van der Waals surface area contributed by atoms with Crippen LogP contribution in [-0.2, 0) is 41.5 Å². The molecule has 0 saturated carbocycles. The van der Waals surface area contributed by atoms with Gasteiger partial charge in [-0.05, 0) is 17.4 Å². The normalized spacial score (nSPS) is 14.1. The first-order chi connectivity index (χ1) is 21.9. The number of hydrogen-bond donors (Lipinski definition) is 0. The van der Waals surface area contributed by atoms with Crippen LogP contribution in [0.5, 0.6) is 0 Å². The molecule has 5 aromatic rings. The molecule has 1 heterocycles. The van der Waals surface area contributed by atoms with Gasteiger partial charge in [0.1, 0.15) is 0 Å². The van der Waals surface area contributed by atoms with Gasteiger partial charge < -0.3 is 29.2 Å². The zero-order valence-corrected chi connectivity index (χ0v) is 33.0. The molecule has 48 heavy (non-hydrogen) atoms. The summed E-state index contributed by atoms with van der Waals surface area (Å²) in [7, 11) is 0. The molecule has 0 radical (unpaired) electrons. The fourth-order valence-corrected chi connectivity index (χ4v) is 6.36. The topological polar surface area (TPSA) is 13.1 Å². The molecule has 1 atom stereocenters. The molecule has 7 rings (SSSR count). The van der Waals surface area contributed by atoms with Crippen LogP contribution in [0.15, 0.2) is 126 Å². The van der Waals surface area contributed by atoms with Gasteiger partial charge in [0.15, 0.2) is 0 Å². The van der Waals surface area contributed by atoms with Crippen LogP contribution >= 0.6 is 0 Å². The second-order valence-electron chi connectivity index (χ2n) is 14.2. The first-order valence-corrected chi connectivity index (χ1v) is 17.4. The standard InChI is InChI=1S/C21H25.C13H10.C10H9O.2ClH.Zr/c1-20(2,3)16-9-7-14-11-15-8-10-17(21(4,5)6)13-19(15)18(14)12-16;1-3-7-12(8-4-1)11-13-9-5-2-6-10-13;1-8-2-3-9(6-8)10-4-5-11-7-10;;;/h7,9-10,12-13H,11H2,1-6H3;1-10H;2-5,7-8H,1H3;2*1H;/q-1;;-1;;;+2/p-2. The van der Waals surface area contributed by atoms with Gasteiger partial charge in [-0.2, -0.15) is 47.1 Å². The first-order valence-electron chi connectivity index (χ1n) is 16.1. The molecule has 1 nitrogen and oxygen atoms in total. The third-order valence-electron chi connectivity index (χ3n) is 8.42. The van der Waals surface area contributed by atoms with E-state index in [0.717, 1.165) is 17.6 Å². The molecule has 0 spiro atoms. The summed E-state index contributed by atoms with van der Waals surface area (Å²) >= 11 is 1.46. The van der Waals surface area contributed by atoms with Crippen molar-refractivity contribution in [2.75, 3.05) is 0 Å². The van der Waals surface area contributed by atoms with Crippen molar-refractivity contribution < 1.29 is 53.5 Å². The van der Waals surface area contributed by atoms with Gasteiger partial charge in [0.2, 0.25) is 0 Å². The molecular formula is C44H44Cl2OZr-2. The summed E-state index contributed by atoms with van der Waals surface area (Å²) in [5.74, 6) is 0.444. The van der Waals surface area contributed by atoms with Crippen molar-refractivity contribution in [2.24, 2.45) is 5.92 Å². The fourth-order valence-electron chi connectivity index (χ4n) is 5.54. The van der Waals surface area contributed by atoms with Crippen LogP contribution in [0.2, 0.25) is 0 Å². The molecule has 2 aliphatic carbocycles. The number of rotatable bonds is 3. The number of furan rings is 1. The summed E-state index contributed by atoms with van der Waals surface area (Å²) in [4.78, 5) is 0. The van der Waals surface area contributed by atoms with Crippen LogP contribution in [0.4, 0.5) is 0 Å². The summed E-state index contributed by atoms with van der Waals surface area (Å²) in [6, 6.07) is 38.1. The van der Waals surface area contributed by atoms with Crippen LogP contribution in [-0.4, -0.2) is 3.21 Å². The van der Waals surface area contributed by atoms with Gasteiger partial charge in [0.05, 0.1) is 6.26 Å². The Morgan fingerprint density at radius 3 is 1.83 bits per heavy atom. The van der Waals surface area contributed by atoms with Gasteiger partial charge in [-0.3, -0.25) is 0 Å². The van der Waals surface area contributed by atoms with E-state index in [0.29, 0.717) is 5.92 Å². The van der Waals surface area contributed by atoms with Crippen molar-refractivity contribution in [3.05, 3.63) is 173 Å². The zero-order valence-electron chi connectivity index (χ0n) is 29.0. The molecule has 0 bridgehead atoms. The Morgan fingerprint density at radius 1 is 0.750 bits per heavy atom. The Kier molecular flexibility index (Phi) is 14.0. The second-order valence-corrected chi connectivity index (χ2v) is 15.4. The predicted octanol–water partition coefficient (Wildman–Crippen LogP) is 5.14. The van der Waals surface area contributed by atoms with E-state index in [2.05, 4.69) is 164 Å². The fraction of sp³-hybridized carbons (Fsp3) is 0.250. The minimum absolute atomic E-state index is 0. The van der Waals surface area contributed by atoms with Crippen LogP contribution in [0.25, 0.3) is 16.7 Å². The minimum atomic E-state index is 0. The van der Waals surface area contributed by atoms with Crippen molar-refractivity contribution in [3.8, 4) is 11.1 Å². The molecule has 246 valence electrons. The van der Waals surface area contributed by atoms with E-state index < -0.39 is 0 Å². The Balaban J connectivity index is 0.000000202. The summed E-state index contributed by atoms with van der Waals surface area (Å²) in [5.41, 5.74) is 13.7. The van der Waals surface area contributed by atoms with Gasteiger partial charge in [-0.15, -0.1) is 11.6 Å². The molecule has 0 saturated heterocycles. The third-order valence-corrected chi connectivity index (χ3v) is 9.84. The summed E-state index contributed by atoms with van der Waals surface area (Å²) in [6.45, 7) is 15.8. The summed E-state index contributed by atoms with van der Waals surface area (Å²) in [6.07, 6.45) is 12.0. The van der Waals surface area contributed by atoms with Crippen LogP contribution in [0, 0.1) is 18.1 Å². The van der Waals surface area contributed by atoms with Crippen molar-refractivity contribution in [1.29, 1.82) is 0 Å². The van der Waals surface area contributed by atoms with Gasteiger partial charge in [0.25, 0.3) is 0 Å². The molecule has 1 unspecified atom stereocenters. The second kappa shape index (κ2) is 17.1. The van der Waals surface area contributed by atoms with Crippen LogP contribution in [0.3, 0.4) is 0 Å². The molecule has 0 fully saturated rings. The van der Waals surface area contributed by atoms with Crippen molar-refractivity contribution in [2.45, 2.75) is 65.7 Å². The molecule has 4 heteroatoms. The van der Waals surface area contributed by atoms with Gasteiger partial charge in [0, 0.05) is 6.26 Å². The molecule has 4 aromatic carbocycles. The third kappa shape index (κ3) is 10.0. The number of allylic oxidation sites excluding steroid dienone is 4. The van der Waals surface area contributed by atoms with E-state index in [1.807, 2.05) is 6.07 Å². The van der Waals surface area contributed by atoms with E-state index in [1.165, 1.54) is 71.9 Å². The van der Waals surface area contributed by atoms with Gasteiger partial charge in [-0.1, -0.05) is 101 Å². The van der Waals surface area contributed by atoms with Crippen molar-refractivity contribution >= 4 is 8.78 Å². The quantitative estimate of drug-likeness (QED) is 0.229. The Hall–Kier alpha value is -3.03. The van der Waals surface area contributed by atoms with Crippen molar-refractivity contribution in [3.63, 3.8) is 0 Å². The number of hydrogen-bond acceptors (Lipinski definition) is 1. The van der Waals surface area contributed by atoms with E-state index in [9.17, 15) is 0 Å². The average molecular weight is 751 g/mol. The Labute approximate surface area is 315 Å². The maximum atomic E-state index is 4.97. The average Bonchev–Trinajstić information content (AvgIpc) is 3.81. The zero-order chi connectivity index (χ0) is 32.9. The molecule has 0 amide bonds. The molecule has 0 N–H and O–H groups in total. The number of benzene rings is 4. The van der Waals surface area contributed by atoms with E-state index in [4.69, 9.17) is 4.42 Å². The summed E-state index contributed by atoms with van der Waals surface area (Å²) < 4.78 is 6.38. The maximum absolute atomic E-state index is 4.97. The SMILES string of the molecule is CC(C)(C)c1c[c-]c2c(c1)-c1cc(C(C)(C)C)ccc1C2.CC1[C-]=C(c2ccoc2)C=C1.[Cl-].[Cl-].[Zr+2]=[C](c1ccccc1)c1ccccc1. The van der Waals surface area contributed by atoms with Gasteiger partial charge >= 0.3 is 99.2 Å². The number of halogens is 2. The van der Waals surface area contributed by atoms with Crippen LogP contribution < -0.4 is 24.8 Å². The van der Waals surface area contributed by atoms with E-state index in [1.54, 1.807) is 12.5 Å². The van der Waals surface area contributed by atoms with Crippen LogP contribution in [0.1, 0.15) is 87.4 Å². The molecular weight excluding hydrogens is 707 g/mol. The molecule has 2 aliphatic rings. The Bertz CT molecular complexity index is 1740.